The normalized spacial score (nSPS) is 11.0. The minimum Gasteiger partial charge on any atom is -0.134 e. The molecule has 0 bridgehead atoms. The lowest BCUT2D eigenvalue weighted by Gasteiger charge is -2.08. The van der Waals surface area contributed by atoms with Gasteiger partial charge >= 0.3 is 0 Å². The number of aryl methyl sites for hydroxylation is 1. The number of hydrogen-bond acceptors (Lipinski definition) is 1. The van der Waals surface area contributed by atoms with Crippen LogP contribution in [-0.4, -0.2) is 0 Å². The highest BCUT2D eigenvalue weighted by Gasteiger charge is 2.13. The summed E-state index contributed by atoms with van der Waals surface area (Å²) in [5.41, 5.74) is 11.7. The standard InChI is InChI=1S/C29H20S.C19H16/c1-19-7-4-9-21(17-19)22-10-5-11-23(18-22)25-13-6-14-26-27-16-15-20-8-2-3-12-24(20)28(27)30-29(25)26;1-3-7-16(8-4-1)15-17-11-13-19(14-12-17)18-9-5-2-6-10-18/h2-18H,1H3;1-14H,15H2. The van der Waals surface area contributed by atoms with Crippen molar-refractivity contribution >= 4 is 42.3 Å². The van der Waals surface area contributed by atoms with Crippen LogP contribution in [0.25, 0.3) is 64.3 Å². The van der Waals surface area contributed by atoms with E-state index >= 15 is 0 Å². The van der Waals surface area contributed by atoms with E-state index in [1.54, 1.807) is 0 Å². The smallest absolute Gasteiger partial charge is 0.0434 e. The van der Waals surface area contributed by atoms with Gasteiger partial charge in [-0.2, -0.15) is 0 Å². The van der Waals surface area contributed by atoms with E-state index < -0.39 is 0 Å². The van der Waals surface area contributed by atoms with Gasteiger partial charge in [-0.25, -0.2) is 0 Å². The van der Waals surface area contributed by atoms with Gasteiger partial charge < -0.3 is 0 Å². The third kappa shape index (κ3) is 6.54. The first-order valence-corrected chi connectivity index (χ1v) is 17.7. The first-order chi connectivity index (χ1) is 24.2. The van der Waals surface area contributed by atoms with E-state index in [2.05, 4.69) is 189 Å². The summed E-state index contributed by atoms with van der Waals surface area (Å²) >= 11 is 1.92. The number of rotatable bonds is 5. The Morgan fingerprint density at radius 3 is 1.73 bits per heavy atom. The summed E-state index contributed by atoms with van der Waals surface area (Å²) in [6.45, 7) is 2.15. The zero-order chi connectivity index (χ0) is 33.0. The Hall–Kier alpha value is -5.76. The van der Waals surface area contributed by atoms with Crippen molar-refractivity contribution in [3.8, 4) is 33.4 Å². The molecule has 8 aromatic carbocycles. The summed E-state index contributed by atoms with van der Waals surface area (Å²) in [5, 5.41) is 5.35. The van der Waals surface area contributed by atoms with Crippen molar-refractivity contribution in [1.29, 1.82) is 0 Å². The fraction of sp³-hybridized carbons (Fsp3) is 0.0417. The maximum Gasteiger partial charge on any atom is 0.0434 e. The summed E-state index contributed by atoms with van der Waals surface area (Å²) in [5.74, 6) is 0. The number of hydrogen-bond donors (Lipinski definition) is 0. The molecule has 0 radical (unpaired) electrons. The van der Waals surface area contributed by atoms with Crippen molar-refractivity contribution in [2.45, 2.75) is 13.3 Å². The van der Waals surface area contributed by atoms with Crippen LogP contribution in [-0.2, 0) is 6.42 Å². The molecule has 0 spiro atoms. The number of thiophene rings is 1. The maximum absolute atomic E-state index is 2.33. The molecule has 0 N–H and O–H groups in total. The highest BCUT2D eigenvalue weighted by Crippen LogP contribution is 2.43. The van der Waals surface area contributed by atoms with Crippen LogP contribution in [0, 0.1) is 6.92 Å². The quantitative estimate of drug-likeness (QED) is 0.175. The summed E-state index contributed by atoms with van der Waals surface area (Å²) < 4.78 is 2.75. The fourth-order valence-electron chi connectivity index (χ4n) is 6.72. The van der Waals surface area contributed by atoms with Crippen LogP contribution in [0.15, 0.2) is 188 Å². The molecular formula is C48H36S. The van der Waals surface area contributed by atoms with Gasteiger partial charge in [-0.15, -0.1) is 11.3 Å². The molecule has 0 aliphatic carbocycles. The molecule has 0 unspecified atom stereocenters. The average Bonchev–Trinajstić information content (AvgIpc) is 3.56. The Balaban J connectivity index is 0.000000158. The van der Waals surface area contributed by atoms with Crippen molar-refractivity contribution in [2.75, 3.05) is 0 Å². The Morgan fingerprint density at radius 2 is 0.939 bits per heavy atom. The molecule has 49 heavy (non-hydrogen) atoms. The number of fused-ring (bicyclic) bond motifs is 5. The van der Waals surface area contributed by atoms with Gasteiger partial charge in [0.2, 0.25) is 0 Å². The van der Waals surface area contributed by atoms with E-state index in [1.165, 1.54) is 81.0 Å². The lowest BCUT2D eigenvalue weighted by atomic mass is 9.97. The zero-order valence-electron chi connectivity index (χ0n) is 27.5. The predicted molar refractivity (Wildman–Crippen MR) is 214 cm³/mol. The van der Waals surface area contributed by atoms with E-state index in [1.807, 2.05) is 17.4 Å². The van der Waals surface area contributed by atoms with E-state index in [0.717, 1.165) is 6.42 Å². The van der Waals surface area contributed by atoms with E-state index in [0.29, 0.717) is 0 Å². The molecule has 0 aliphatic rings. The van der Waals surface area contributed by atoms with Crippen molar-refractivity contribution in [3.63, 3.8) is 0 Å². The largest absolute Gasteiger partial charge is 0.134 e. The topological polar surface area (TPSA) is 0 Å². The van der Waals surface area contributed by atoms with E-state index in [9.17, 15) is 0 Å². The Labute approximate surface area is 292 Å². The van der Waals surface area contributed by atoms with Crippen LogP contribution in [0.1, 0.15) is 16.7 Å². The van der Waals surface area contributed by atoms with Crippen LogP contribution >= 0.6 is 11.3 Å². The first kappa shape index (κ1) is 30.6. The Morgan fingerprint density at radius 1 is 0.367 bits per heavy atom. The minimum absolute atomic E-state index is 0.996. The predicted octanol–water partition coefficient (Wildman–Crippen LogP) is 13.8. The molecule has 0 aliphatic heterocycles. The average molecular weight is 645 g/mol. The van der Waals surface area contributed by atoms with Crippen molar-refractivity contribution in [2.24, 2.45) is 0 Å². The minimum atomic E-state index is 0.996. The molecule has 1 aromatic heterocycles. The van der Waals surface area contributed by atoms with Crippen molar-refractivity contribution in [3.05, 3.63) is 205 Å². The molecule has 0 saturated carbocycles. The Kier molecular flexibility index (Phi) is 8.59. The molecule has 0 fully saturated rings. The highest BCUT2D eigenvalue weighted by atomic mass is 32.1. The van der Waals surface area contributed by atoms with Gasteiger partial charge in [0.15, 0.2) is 0 Å². The van der Waals surface area contributed by atoms with Gasteiger partial charge in [0.1, 0.15) is 0 Å². The molecule has 0 amide bonds. The molecule has 9 rings (SSSR count). The molecule has 1 heterocycles. The second-order valence-corrected chi connectivity index (χ2v) is 13.6. The summed E-state index contributed by atoms with van der Waals surface area (Å²) in [6.07, 6.45) is 0.996. The maximum atomic E-state index is 2.33. The summed E-state index contributed by atoms with van der Waals surface area (Å²) in [4.78, 5) is 0. The molecule has 0 saturated heterocycles. The van der Waals surface area contributed by atoms with Gasteiger partial charge in [0.05, 0.1) is 0 Å². The molecule has 0 atom stereocenters. The highest BCUT2D eigenvalue weighted by molar-refractivity contribution is 7.27. The molecule has 9 aromatic rings. The summed E-state index contributed by atoms with van der Waals surface area (Å²) in [6, 6.07) is 67.5. The van der Waals surface area contributed by atoms with Crippen molar-refractivity contribution < 1.29 is 0 Å². The Bertz CT molecular complexity index is 2500. The molecule has 234 valence electrons. The second kappa shape index (κ2) is 13.8. The van der Waals surface area contributed by atoms with Crippen molar-refractivity contribution in [1.82, 2.24) is 0 Å². The zero-order valence-corrected chi connectivity index (χ0v) is 28.3. The SMILES string of the molecule is Cc1cccc(-c2cccc(-c3cccc4c3sc3c5ccccc5ccc43)c2)c1.c1ccc(Cc2ccc(-c3ccccc3)cc2)cc1. The molecule has 0 nitrogen and oxygen atoms in total. The fourth-order valence-corrected chi connectivity index (χ4v) is 8.09. The van der Waals surface area contributed by atoms with Crippen LogP contribution in [0.2, 0.25) is 0 Å². The van der Waals surface area contributed by atoms with Gasteiger partial charge in [0, 0.05) is 20.2 Å². The van der Waals surface area contributed by atoms with E-state index in [-0.39, 0.29) is 0 Å². The van der Waals surface area contributed by atoms with Crippen LogP contribution in [0.3, 0.4) is 0 Å². The van der Waals surface area contributed by atoms with E-state index in [4.69, 9.17) is 0 Å². The van der Waals surface area contributed by atoms with Crippen LogP contribution < -0.4 is 0 Å². The summed E-state index contributed by atoms with van der Waals surface area (Å²) in [7, 11) is 0. The molecular weight excluding hydrogens is 609 g/mol. The van der Waals surface area contributed by atoms with Gasteiger partial charge in [0.25, 0.3) is 0 Å². The second-order valence-electron chi connectivity index (χ2n) is 12.6. The van der Waals surface area contributed by atoms with Crippen LogP contribution in [0.4, 0.5) is 0 Å². The molecule has 1 heteroatoms. The lowest BCUT2D eigenvalue weighted by molar-refractivity contribution is 1.19. The monoisotopic (exact) mass is 644 g/mol. The van der Waals surface area contributed by atoms with Crippen LogP contribution in [0.5, 0.6) is 0 Å². The van der Waals surface area contributed by atoms with Gasteiger partial charge in [-0.3, -0.25) is 0 Å². The van der Waals surface area contributed by atoms with Gasteiger partial charge in [-0.1, -0.05) is 188 Å². The number of benzene rings is 8. The van der Waals surface area contributed by atoms with Gasteiger partial charge in [-0.05, 0) is 74.7 Å². The lowest BCUT2D eigenvalue weighted by Crippen LogP contribution is -1.87. The third-order valence-electron chi connectivity index (χ3n) is 9.23. The third-order valence-corrected chi connectivity index (χ3v) is 10.5. The first-order valence-electron chi connectivity index (χ1n) is 16.9.